The van der Waals surface area contributed by atoms with Gasteiger partial charge in [-0.15, -0.1) is 0 Å². The molecule has 8 nitrogen and oxygen atoms in total. The van der Waals surface area contributed by atoms with E-state index in [4.69, 9.17) is 0 Å². The minimum Gasteiger partial charge on any atom is -0.379 e. The highest BCUT2D eigenvalue weighted by Crippen LogP contribution is 2.29. The molecule has 4 rings (SSSR count). The number of fused-ring (bicyclic) bond motifs is 1. The van der Waals surface area contributed by atoms with Crippen molar-refractivity contribution < 1.29 is 19.2 Å². The lowest BCUT2D eigenvalue weighted by atomic mass is 9.84. The van der Waals surface area contributed by atoms with E-state index in [9.17, 15) is 19.2 Å². The molecule has 1 aliphatic heterocycles. The quantitative estimate of drug-likeness (QED) is 0.382. The number of aromatic amines is 1. The number of allylic oxidation sites excluding steroid dienone is 1. The number of hydrogen-bond acceptors (Lipinski definition) is 6. The third-order valence-electron chi connectivity index (χ3n) is 7.31. The Kier molecular flexibility index (Phi) is 8.59. The standard InChI is InChI=1S/C28H32N4O4/c33-13-11-22(15-21-10-12-29-26(21)17-34)30-27(18-35)24(14-19-6-2-1-3-7-19)32-28(36)25-16-20-8-4-5-9-23(20)31-25/h4-5,8-9,11,16,19,21-22,24,29-31H,1-3,6-7,10,12,14-15H2,(H,32,36)/t21-,22?,24?/m0/s1. The average molecular weight is 489 g/mol. The summed E-state index contributed by atoms with van der Waals surface area (Å²) in [5.41, 5.74) is 1.95. The summed E-state index contributed by atoms with van der Waals surface area (Å²) in [6, 6.07) is 8.30. The van der Waals surface area contributed by atoms with Crippen LogP contribution in [0.1, 0.15) is 61.9 Å². The minimum absolute atomic E-state index is 0.102. The van der Waals surface area contributed by atoms with Crippen LogP contribution in [-0.2, 0) is 14.4 Å². The van der Waals surface area contributed by atoms with E-state index in [0.29, 0.717) is 36.7 Å². The van der Waals surface area contributed by atoms with Gasteiger partial charge in [-0.1, -0.05) is 50.3 Å². The molecule has 4 N–H and O–H groups in total. The molecule has 188 valence electrons. The van der Waals surface area contributed by atoms with Gasteiger partial charge < -0.3 is 20.9 Å². The van der Waals surface area contributed by atoms with Crippen LogP contribution in [0, 0.1) is 11.8 Å². The Labute approximate surface area is 210 Å². The molecule has 1 aromatic carbocycles. The van der Waals surface area contributed by atoms with Crippen LogP contribution in [0.3, 0.4) is 0 Å². The maximum atomic E-state index is 13.2. The molecule has 36 heavy (non-hydrogen) atoms. The largest absolute Gasteiger partial charge is 0.379 e. The second-order valence-electron chi connectivity index (χ2n) is 9.75. The fourth-order valence-corrected chi connectivity index (χ4v) is 5.42. The Morgan fingerprint density at radius 1 is 1.06 bits per heavy atom. The minimum atomic E-state index is -0.588. The molecule has 1 amide bonds. The zero-order valence-corrected chi connectivity index (χ0v) is 20.3. The van der Waals surface area contributed by atoms with Gasteiger partial charge >= 0.3 is 0 Å². The molecular weight excluding hydrogens is 456 g/mol. The van der Waals surface area contributed by atoms with E-state index in [2.05, 4.69) is 20.9 Å². The van der Waals surface area contributed by atoms with Gasteiger partial charge in [-0.2, -0.15) is 0 Å². The maximum absolute atomic E-state index is 13.2. The van der Waals surface area contributed by atoms with E-state index in [1.807, 2.05) is 36.1 Å². The topological polar surface area (TPSA) is 120 Å². The number of nitrogens with one attached hydrogen (secondary N) is 4. The van der Waals surface area contributed by atoms with Crippen molar-refractivity contribution in [2.45, 2.75) is 63.5 Å². The monoisotopic (exact) mass is 488 g/mol. The number of para-hydroxylation sites is 1. The first-order valence-electron chi connectivity index (χ1n) is 12.7. The summed E-state index contributed by atoms with van der Waals surface area (Å²) in [6.45, 7) is 0.661. The van der Waals surface area contributed by atoms with E-state index in [0.717, 1.165) is 43.0 Å². The summed E-state index contributed by atoms with van der Waals surface area (Å²) in [5, 5.41) is 10.1. The summed E-state index contributed by atoms with van der Waals surface area (Å²) in [5.74, 6) is 5.70. The molecule has 0 spiro atoms. The number of aromatic nitrogens is 1. The highest BCUT2D eigenvalue weighted by atomic mass is 16.2. The van der Waals surface area contributed by atoms with Crippen molar-refractivity contribution in [3.05, 3.63) is 53.5 Å². The summed E-state index contributed by atoms with van der Waals surface area (Å²) in [7, 11) is 0. The van der Waals surface area contributed by atoms with Crippen molar-refractivity contribution in [1.29, 1.82) is 0 Å². The SMILES string of the molecule is O=C=CC(C[C@@H]1CCNC1=C=O)NC(=C=O)C(CC1CCCCC1)NC(=O)c1cc2ccccc2[nH]1. The molecule has 3 atom stereocenters. The van der Waals surface area contributed by atoms with Crippen LogP contribution in [0.4, 0.5) is 0 Å². The lowest BCUT2D eigenvalue weighted by molar-refractivity contribution is 0.0930. The molecule has 2 heterocycles. The van der Waals surface area contributed by atoms with Crippen molar-refractivity contribution in [1.82, 2.24) is 20.9 Å². The van der Waals surface area contributed by atoms with Gasteiger partial charge in [0.25, 0.3) is 5.91 Å². The Balaban J connectivity index is 1.53. The molecule has 2 aliphatic rings. The molecule has 2 fully saturated rings. The average Bonchev–Trinajstić information content (AvgIpc) is 3.54. The number of carbonyl (C=O) groups is 1. The lowest BCUT2D eigenvalue weighted by Gasteiger charge is -2.29. The smallest absolute Gasteiger partial charge is 0.268 e. The summed E-state index contributed by atoms with van der Waals surface area (Å²) in [4.78, 5) is 51.0. The van der Waals surface area contributed by atoms with E-state index >= 15 is 0 Å². The normalized spacial score (nSPS) is 19.3. The molecule has 1 saturated carbocycles. The fraction of sp³-hybridized carbons (Fsp3) is 0.464. The first kappa shape index (κ1) is 25.3. The van der Waals surface area contributed by atoms with Crippen molar-refractivity contribution >= 4 is 34.6 Å². The van der Waals surface area contributed by atoms with Gasteiger partial charge in [0.05, 0.1) is 17.8 Å². The summed E-state index contributed by atoms with van der Waals surface area (Å²) in [6.07, 6.45) is 8.63. The molecule has 2 aromatic rings. The van der Waals surface area contributed by atoms with E-state index in [1.54, 1.807) is 12.0 Å². The molecule has 2 unspecified atom stereocenters. The fourth-order valence-electron chi connectivity index (χ4n) is 5.42. The third-order valence-corrected chi connectivity index (χ3v) is 7.31. The van der Waals surface area contributed by atoms with Gasteiger partial charge in [0, 0.05) is 29.4 Å². The second kappa shape index (κ2) is 12.2. The van der Waals surface area contributed by atoms with Gasteiger partial charge in [0.15, 0.2) is 0 Å². The molecule has 1 saturated heterocycles. The number of amides is 1. The Morgan fingerprint density at radius 2 is 1.86 bits per heavy atom. The van der Waals surface area contributed by atoms with Gasteiger partial charge in [-0.25, -0.2) is 14.4 Å². The number of carbonyl (C=O) groups excluding carboxylic acids is 4. The van der Waals surface area contributed by atoms with Crippen LogP contribution in [0.2, 0.25) is 0 Å². The predicted octanol–water partition coefficient (Wildman–Crippen LogP) is 3.01. The van der Waals surface area contributed by atoms with Crippen LogP contribution < -0.4 is 16.0 Å². The number of H-pyrrole nitrogens is 1. The first-order valence-corrected chi connectivity index (χ1v) is 12.7. The molecule has 1 aromatic heterocycles. The number of benzene rings is 1. The number of hydrogen-bond donors (Lipinski definition) is 4. The Bertz CT molecular complexity index is 1190. The zero-order chi connectivity index (χ0) is 25.3. The highest BCUT2D eigenvalue weighted by molar-refractivity contribution is 5.98. The first-order chi connectivity index (χ1) is 17.6. The molecular formula is C28H32N4O4. The van der Waals surface area contributed by atoms with Crippen LogP contribution in [-0.4, -0.2) is 47.3 Å². The van der Waals surface area contributed by atoms with Gasteiger partial charge in [0.2, 0.25) is 0 Å². The van der Waals surface area contributed by atoms with Crippen LogP contribution in [0.25, 0.3) is 10.9 Å². The van der Waals surface area contributed by atoms with Gasteiger partial charge in [0.1, 0.15) is 29.2 Å². The predicted molar refractivity (Wildman–Crippen MR) is 137 cm³/mol. The van der Waals surface area contributed by atoms with E-state index in [1.165, 1.54) is 12.5 Å². The van der Waals surface area contributed by atoms with Gasteiger partial charge in [-0.05, 0) is 37.3 Å². The molecule has 0 radical (unpaired) electrons. The van der Waals surface area contributed by atoms with E-state index in [-0.39, 0.29) is 17.5 Å². The molecule has 1 aliphatic carbocycles. The van der Waals surface area contributed by atoms with Crippen molar-refractivity contribution in [3.8, 4) is 0 Å². The van der Waals surface area contributed by atoms with E-state index < -0.39 is 12.1 Å². The Morgan fingerprint density at radius 3 is 2.58 bits per heavy atom. The van der Waals surface area contributed by atoms with Crippen molar-refractivity contribution in [2.24, 2.45) is 11.8 Å². The van der Waals surface area contributed by atoms with Crippen molar-refractivity contribution in [2.75, 3.05) is 6.54 Å². The number of rotatable bonds is 10. The van der Waals surface area contributed by atoms with Crippen LogP contribution in [0.15, 0.2) is 47.8 Å². The summed E-state index contributed by atoms with van der Waals surface area (Å²) >= 11 is 0. The lowest BCUT2D eigenvalue weighted by Crippen LogP contribution is -2.44. The van der Waals surface area contributed by atoms with Crippen LogP contribution >= 0.6 is 0 Å². The van der Waals surface area contributed by atoms with Crippen LogP contribution in [0.5, 0.6) is 0 Å². The maximum Gasteiger partial charge on any atom is 0.268 e. The van der Waals surface area contributed by atoms with Gasteiger partial charge in [-0.3, -0.25) is 4.79 Å². The zero-order valence-electron chi connectivity index (χ0n) is 20.3. The molecule has 8 heteroatoms. The highest BCUT2D eigenvalue weighted by Gasteiger charge is 2.29. The van der Waals surface area contributed by atoms with Crippen molar-refractivity contribution in [3.63, 3.8) is 0 Å². The third kappa shape index (κ3) is 6.24. The Hall–Kier alpha value is -3.82. The second-order valence-corrected chi connectivity index (χ2v) is 9.75. The summed E-state index contributed by atoms with van der Waals surface area (Å²) < 4.78 is 0. The molecule has 0 bridgehead atoms.